The Balaban J connectivity index is 2.60. The Hall–Kier alpha value is -0.950. The molecule has 0 atom stereocenters. The number of hydrogen-bond acceptors (Lipinski definition) is 3. The molecule has 0 aliphatic heterocycles. The molecule has 21 heavy (non-hydrogen) atoms. The van der Waals surface area contributed by atoms with Crippen LogP contribution in [-0.2, 0) is 6.42 Å². The molecule has 0 bridgehead atoms. The molecule has 6 heteroatoms. The van der Waals surface area contributed by atoms with Crippen molar-refractivity contribution in [1.29, 1.82) is 0 Å². The minimum Gasteiger partial charge on any atom is -0.369 e. The lowest BCUT2D eigenvalue weighted by Crippen LogP contribution is -2.08. The number of aryl methyl sites for hydroxylation is 1. The maximum Gasteiger partial charge on any atom is 0.164 e. The van der Waals surface area contributed by atoms with Crippen molar-refractivity contribution >= 4 is 40.0 Å². The number of aromatic nitrogens is 2. The maximum absolute atomic E-state index is 14.2. The fourth-order valence-electron chi connectivity index (χ4n) is 1.98. The van der Waals surface area contributed by atoms with Crippen molar-refractivity contribution in [3.63, 3.8) is 0 Å². The molecule has 0 aliphatic carbocycles. The smallest absolute Gasteiger partial charge is 0.164 e. The fraction of sp³-hybridized carbons (Fsp3) is 0.333. The van der Waals surface area contributed by atoms with Gasteiger partial charge in [0.15, 0.2) is 11.6 Å². The van der Waals surface area contributed by atoms with Crippen LogP contribution in [0.1, 0.15) is 26.0 Å². The van der Waals surface area contributed by atoms with Gasteiger partial charge in [0.25, 0.3) is 0 Å². The highest BCUT2D eigenvalue weighted by Crippen LogP contribution is 2.29. The van der Waals surface area contributed by atoms with E-state index in [4.69, 9.17) is 11.6 Å². The largest absolute Gasteiger partial charge is 0.369 e. The van der Waals surface area contributed by atoms with E-state index in [2.05, 4.69) is 44.8 Å². The van der Waals surface area contributed by atoms with Gasteiger partial charge in [0.2, 0.25) is 0 Å². The van der Waals surface area contributed by atoms with Crippen LogP contribution in [0.4, 0.5) is 10.2 Å². The number of nitrogens with one attached hydrogen (secondary N) is 1. The topological polar surface area (TPSA) is 37.8 Å². The molecule has 112 valence electrons. The van der Waals surface area contributed by atoms with E-state index in [0.29, 0.717) is 11.4 Å². The van der Waals surface area contributed by atoms with Crippen LogP contribution in [0.2, 0.25) is 5.02 Å². The summed E-state index contributed by atoms with van der Waals surface area (Å²) < 4.78 is 15.2. The Morgan fingerprint density at radius 3 is 2.71 bits per heavy atom. The Morgan fingerprint density at radius 2 is 2.05 bits per heavy atom. The van der Waals surface area contributed by atoms with Gasteiger partial charge in [-0.05, 0) is 48.1 Å². The van der Waals surface area contributed by atoms with Crippen LogP contribution in [0.5, 0.6) is 0 Å². The van der Waals surface area contributed by atoms with Gasteiger partial charge in [0.1, 0.15) is 5.82 Å². The maximum atomic E-state index is 14.2. The first-order chi connectivity index (χ1) is 10.1. The van der Waals surface area contributed by atoms with Gasteiger partial charge in [-0.3, -0.25) is 0 Å². The van der Waals surface area contributed by atoms with Crippen molar-refractivity contribution in [3.8, 4) is 11.4 Å². The van der Waals surface area contributed by atoms with Gasteiger partial charge in [-0.25, -0.2) is 14.4 Å². The molecule has 1 aromatic heterocycles. The zero-order valence-corrected chi connectivity index (χ0v) is 14.8. The van der Waals surface area contributed by atoms with Crippen LogP contribution in [0.3, 0.4) is 0 Å². The van der Waals surface area contributed by atoms with E-state index < -0.39 is 5.82 Å². The van der Waals surface area contributed by atoms with Crippen LogP contribution in [0, 0.1) is 9.39 Å². The third-order valence-electron chi connectivity index (χ3n) is 2.94. The highest BCUT2D eigenvalue weighted by atomic mass is 127. The number of anilines is 1. The van der Waals surface area contributed by atoms with Gasteiger partial charge >= 0.3 is 0 Å². The first-order valence-electron chi connectivity index (χ1n) is 6.83. The van der Waals surface area contributed by atoms with Gasteiger partial charge in [-0.2, -0.15) is 0 Å². The van der Waals surface area contributed by atoms with Crippen molar-refractivity contribution < 1.29 is 4.39 Å². The van der Waals surface area contributed by atoms with Crippen LogP contribution in [-0.4, -0.2) is 16.5 Å². The lowest BCUT2D eigenvalue weighted by atomic mass is 10.1. The van der Waals surface area contributed by atoms with E-state index in [-0.39, 0.29) is 5.02 Å². The highest BCUT2D eigenvalue weighted by molar-refractivity contribution is 14.1. The normalized spacial score (nSPS) is 10.7. The van der Waals surface area contributed by atoms with Gasteiger partial charge in [-0.15, -0.1) is 0 Å². The van der Waals surface area contributed by atoms with Crippen molar-refractivity contribution in [1.82, 2.24) is 9.97 Å². The quantitative estimate of drug-likeness (QED) is 0.699. The van der Waals surface area contributed by atoms with E-state index in [1.54, 1.807) is 12.1 Å². The molecule has 0 radical (unpaired) electrons. The summed E-state index contributed by atoms with van der Waals surface area (Å²) in [7, 11) is 0. The number of benzene rings is 1. The number of rotatable bonds is 5. The Morgan fingerprint density at radius 1 is 1.29 bits per heavy atom. The van der Waals surface area contributed by atoms with E-state index in [9.17, 15) is 4.39 Å². The molecule has 0 spiro atoms. The average molecular weight is 420 g/mol. The van der Waals surface area contributed by atoms with Crippen LogP contribution < -0.4 is 5.32 Å². The summed E-state index contributed by atoms with van der Waals surface area (Å²) in [5.74, 6) is 0.631. The van der Waals surface area contributed by atoms with Crippen molar-refractivity contribution in [2.75, 3.05) is 11.9 Å². The molecule has 2 aromatic rings. The standard InChI is InChI=1S/C15H16ClFIN3/c1-3-6-11-13(18)15(19-4-2)21-14(20-11)9-7-5-8-10(16)12(9)17/h5,7-8H,3-4,6H2,1-2H3,(H,19,20,21). The zero-order chi connectivity index (χ0) is 15.4. The molecule has 0 amide bonds. The molecule has 0 aliphatic rings. The number of halogens is 3. The van der Waals surface area contributed by atoms with Gasteiger partial charge in [-0.1, -0.05) is 31.0 Å². The molecular formula is C15H16ClFIN3. The molecule has 2 rings (SSSR count). The molecule has 0 fully saturated rings. The first kappa shape index (κ1) is 16.4. The first-order valence-corrected chi connectivity index (χ1v) is 8.28. The fourth-order valence-corrected chi connectivity index (χ4v) is 2.85. The van der Waals surface area contributed by atoms with E-state index in [1.165, 1.54) is 6.07 Å². The second-order valence-corrected chi connectivity index (χ2v) is 6.02. The summed E-state index contributed by atoms with van der Waals surface area (Å²) in [5, 5.41) is 3.29. The summed E-state index contributed by atoms with van der Waals surface area (Å²) in [4.78, 5) is 8.97. The third kappa shape index (κ3) is 3.63. The van der Waals surface area contributed by atoms with Crippen molar-refractivity contribution in [3.05, 3.63) is 38.3 Å². The molecule has 0 unspecified atom stereocenters. The van der Waals surface area contributed by atoms with Gasteiger partial charge in [0.05, 0.1) is 19.9 Å². The summed E-state index contributed by atoms with van der Waals surface area (Å²) in [6.45, 7) is 4.83. The summed E-state index contributed by atoms with van der Waals surface area (Å²) in [6, 6.07) is 4.87. The van der Waals surface area contributed by atoms with Crippen molar-refractivity contribution in [2.45, 2.75) is 26.7 Å². The number of hydrogen-bond donors (Lipinski definition) is 1. The summed E-state index contributed by atoms with van der Waals surface area (Å²) in [5.41, 5.74) is 1.26. The summed E-state index contributed by atoms with van der Waals surface area (Å²) in [6.07, 6.45) is 1.80. The molecule has 0 saturated heterocycles. The number of nitrogens with zero attached hydrogens (tertiary/aromatic N) is 2. The second-order valence-electron chi connectivity index (χ2n) is 4.54. The Labute approximate surface area is 142 Å². The predicted octanol–water partition coefficient (Wildman–Crippen LogP) is 4.93. The zero-order valence-electron chi connectivity index (χ0n) is 11.9. The Kier molecular flexibility index (Phi) is 5.75. The molecule has 0 saturated carbocycles. The van der Waals surface area contributed by atoms with Gasteiger partial charge < -0.3 is 5.32 Å². The van der Waals surface area contributed by atoms with Crippen LogP contribution in [0.25, 0.3) is 11.4 Å². The van der Waals surface area contributed by atoms with E-state index in [0.717, 1.165) is 34.5 Å². The molecular weight excluding hydrogens is 404 g/mol. The van der Waals surface area contributed by atoms with Gasteiger partial charge in [0, 0.05) is 6.54 Å². The van der Waals surface area contributed by atoms with E-state index in [1.807, 2.05) is 6.92 Å². The lowest BCUT2D eigenvalue weighted by molar-refractivity contribution is 0.630. The van der Waals surface area contributed by atoms with Crippen LogP contribution >= 0.6 is 34.2 Å². The molecule has 1 N–H and O–H groups in total. The van der Waals surface area contributed by atoms with Crippen LogP contribution in [0.15, 0.2) is 18.2 Å². The highest BCUT2D eigenvalue weighted by Gasteiger charge is 2.16. The minimum atomic E-state index is -0.481. The second kappa shape index (κ2) is 7.35. The predicted molar refractivity (Wildman–Crippen MR) is 93.3 cm³/mol. The molecule has 1 heterocycles. The SMILES string of the molecule is CCCc1nc(-c2cccc(Cl)c2F)nc(NCC)c1I. The Bertz CT molecular complexity index is 622. The minimum absolute atomic E-state index is 0.0803. The molecule has 1 aromatic carbocycles. The monoisotopic (exact) mass is 419 g/mol. The average Bonchev–Trinajstić information content (AvgIpc) is 2.46. The summed E-state index contributed by atoms with van der Waals surface area (Å²) >= 11 is 8.08. The molecule has 3 nitrogen and oxygen atoms in total. The van der Waals surface area contributed by atoms with Crippen molar-refractivity contribution in [2.24, 2.45) is 0 Å². The lowest BCUT2D eigenvalue weighted by Gasteiger charge is -2.12. The van der Waals surface area contributed by atoms with E-state index >= 15 is 0 Å². The third-order valence-corrected chi connectivity index (χ3v) is 4.37.